The molecule has 0 nitrogen and oxygen atoms in total. The molecule has 5 heteroatoms. The molecular formula is C12H30Cl2P2Ti. The molecule has 106 valence electrons. The average molecular weight is 355 g/mol. The van der Waals surface area contributed by atoms with Crippen LogP contribution in [0.5, 0.6) is 0 Å². The van der Waals surface area contributed by atoms with Gasteiger partial charge in [-0.2, -0.15) is 0 Å². The number of hydrogen-bond acceptors (Lipinski definition) is 0. The van der Waals surface area contributed by atoms with Crippen LogP contribution in [0.4, 0.5) is 0 Å². The first kappa shape index (κ1) is 31.5. The molecule has 0 radical (unpaired) electrons. The van der Waals surface area contributed by atoms with Crippen LogP contribution in [0, 0.1) is 0 Å². The summed E-state index contributed by atoms with van der Waals surface area (Å²) in [5.74, 6) is 0. The number of hydrogen-bond donors (Lipinski definition) is 0. The monoisotopic (exact) mass is 354 g/mol. The summed E-state index contributed by atoms with van der Waals surface area (Å²) in [5.41, 5.74) is 0. The van der Waals surface area contributed by atoms with Crippen LogP contribution >= 0.6 is 15.8 Å². The quantitative estimate of drug-likeness (QED) is 0.427. The van der Waals surface area contributed by atoms with E-state index in [0.717, 1.165) is 0 Å². The summed E-state index contributed by atoms with van der Waals surface area (Å²) in [6, 6.07) is 0. The van der Waals surface area contributed by atoms with E-state index in [1.54, 1.807) is 0 Å². The van der Waals surface area contributed by atoms with E-state index < -0.39 is 0 Å². The summed E-state index contributed by atoms with van der Waals surface area (Å²) in [6.07, 6.45) is 8.51. The third kappa shape index (κ3) is 23.6. The van der Waals surface area contributed by atoms with Gasteiger partial charge in [-0.15, -0.1) is 15.8 Å². The number of halogens is 2. The fraction of sp³-hybridized carbons (Fsp3) is 1.00. The van der Waals surface area contributed by atoms with Crippen molar-refractivity contribution in [2.45, 2.75) is 41.5 Å². The molecule has 0 saturated carbocycles. The molecular weight excluding hydrogens is 325 g/mol. The first-order valence-electron chi connectivity index (χ1n) is 6.14. The standard InChI is InChI=1S/2C6H15P.2ClH.Ti/c2*1-4-7(5-2)6-3;;;/h2*4-6H2,1-3H3;2*1H;/q;;;;+2/p-2. The minimum Gasteiger partial charge on any atom is -1.00 e. The maximum absolute atomic E-state index is 2.29. The molecule has 0 aliphatic carbocycles. The van der Waals surface area contributed by atoms with Gasteiger partial charge in [0.2, 0.25) is 0 Å². The van der Waals surface area contributed by atoms with Crippen molar-refractivity contribution in [3.8, 4) is 0 Å². The molecule has 0 aromatic carbocycles. The van der Waals surface area contributed by atoms with Crippen LogP contribution in [0.25, 0.3) is 0 Å². The third-order valence-corrected chi connectivity index (χ3v) is 8.05. The van der Waals surface area contributed by atoms with Gasteiger partial charge in [-0.25, -0.2) is 0 Å². The summed E-state index contributed by atoms with van der Waals surface area (Å²) in [6.45, 7) is 13.7. The SMILES string of the molecule is CCP(CC)CC.CCP(CC)CC.[Cl-].[Cl-].[Ti+2]. The van der Waals surface area contributed by atoms with Crippen molar-refractivity contribution in [3.05, 3.63) is 0 Å². The van der Waals surface area contributed by atoms with Gasteiger partial charge in [-0.05, 0) is 37.0 Å². The van der Waals surface area contributed by atoms with Gasteiger partial charge in [0, 0.05) is 0 Å². The van der Waals surface area contributed by atoms with Gasteiger partial charge in [-0.3, -0.25) is 0 Å². The van der Waals surface area contributed by atoms with Crippen LogP contribution in [-0.4, -0.2) is 37.0 Å². The van der Waals surface area contributed by atoms with Gasteiger partial charge in [0.25, 0.3) is 0 Å². The van der Waals surface area contributed by atoms with Crippen LogP contribution in [0.3, 0.4) is 0 Å². The maximum atomic E-state index is 2.29. The van der Waals surface area contributed by atoms with E-state index in [4.69, 9.17) is 0 Å². The smallest absolute Gasteiger partial charge is 1.00 e. The largest absolute Gasteiger partial charge is 2.00 e. The first-order chi connectivity index (χ1) is 6.69. The minimum atomic E-state index is 0. The molecule has 0 rings (SSSR count). The Hall–Kier alpha value is 2.15. The predicted octanol–water partition coefficient (Wildman–Crippen LogP) is -0.938. The molecule has 0 aromatic heterocycles. The fourth-order valence-electron chi connectivity index (χ4n) is 1.34. The Labute approximate surface area is 140 Å². The molecule has 0 aliphatic heterocycles. The van der Waals surface area contributed by atoms with Crippen molar-refractivity contribution in [1.82, 2.24) is 0 Å². The minimum absolute atomic E-state index is 0. The Kier molecular flexibility index (Phi) is 49.4. The second-order valence-corrected chi connectivity index (χ2v) is 9.72. The molecule has 0 unspecified atom stereocenters. The van der Waals surface area contributed by atoms with E-state index in [1.807, 2.05) is 0 Å². The molecule has 0 aromatic rings. The second kappa shape index (κ2) is 26.7. The summed E-state index contributed by atoms with van der Waals surface area (Å²) >= 11 is 0. The van der Waals surface area contributed by atoms with Crippen molar-refractivity contribution in [2.24, 2.45) is 0 Å². The van der Waals surface area contributed by atoms with Crippen molar-refractivity contribution >= 4 is 15.8 Å². The average Bonchev–Trinajstić information content (AvgIpc) is 2.24. The van der Waals surface area contributed by atoms with Crippen LogP contribution < -0.4 is 24.8 Å². The molecule has 0 amide bonds. The second-order valence-electron chi connectivity index (χ2n) is 3.24. The Balaban J connectivity index is -0.0000000480. The summed E-state index contributed by atoms with van der Waals surface area (Å²) in [4.78, 5) is 0. The zero-order chi connectivity index (χ0) is 11.4. The topological polar surface area (TPSA) is 0 Å². The first-order valence-corrected chi connectivity index (χ1v) is 9.93. The molecule has 0 heterocycles. The Morgan fingerprint density at radius 2 is 0.588 bits per heavy atom. The van der Waals surface area contributed by atoms with E-state index >= 15 is 0 Å². The number of rotatable bonds is 6. The van der Waals surface area contributed by atoms with E-state index in [1.165, 1.54) is 37.0 Å². The van der Waals surface area contributed by atoms with E-state index in [9.17, 15) is 0 Å². The molecule has 0 saturated heterocycles. The van der Waals surface area contributed by atoms with Gasteiger partial charge in [0.15, 0.2) is 0 Å². The zero-order valence-electron chi connectivity index (χ0n) is 12.4. The summed E-state index contributed by atoms with van der Waals surface area (Å²) in [5, 5.41) is 0. The summed E-state index contributed by atoms with van der Waals surface area (Å²) < 4.78 is 0. The predicted molar refractivity (Wildman–Crippen MR) is 77.1 cm³/mol. The van der Waals surface area contributed by atoms with Gasteiger partial charge in [-0.1, -0.05) is 41.5 Å². The van der Waals surface area contributed by atoms with Gasteiger partial charge >= 0.3 is 21.7 Å². The van der Waals surface area contributed by atoms with Crippen LogP contribution in [0.15, 0.2) is 0 Å². The molecule has 0 atom stereocenters. The van der Waals surface area contributed by atoms with Crippen molar-refractivity contribution in [2.75, 3.05) is 37.0 Å². The Morgan fingerprint density at radius 1 is 0.471 bits per heavy atom. The zero-order valence-corrected chi connectivity index (χ0v) is 17.3. The molecule has 0 aliphatic rings. The third-order valence-electron chi connectivity index (χ3n) is 2.68. The Morgan fingerprint density at radius 3 is 0.588 bits per heavy atom. The van der Waals surface area contributed by atoms with Crippen LogP contribution in [0.2, 0.25) is 0 Å². The maximum Gasteiger partial charge on any atom is 2.00 e. The van der Waals surface area contributed by atoms with Gasteiger partial charge in [0.05, 0.1) is 0 Å². The van der Waals surface area contributed by atoms with Gasteiger partial charge in [0.1, 0.15) is 0 Å². The van der Waals surface area contributed by atoms with Crippen molar-refractivity contribution in [3.63, 3.8) is 0 Å². The normalized spacial score (nSPS) is 8.47. The molecule has 0 fully saturated rings. The summed E-state index contributed by atoms with van der Waals surface area (Å²) in [7, 11) is 0.892. The van der Waals surface area contributed by atoms with Crippen LogP contribution in [-0.2, 0) is 21.7 Å². The van der Waals surface area contributed by atoms with Crippen LogP contribution in [0.1, 0.15) is 41.5 Å². The molecule has 17 heavy (non-hydrogen) atoms. The Bertz CT molecular complexity index is 77.5. The van der Waals surface area contributed by atoms with Gasteiger partial charge < -0.3 is 24.8 Å². The van der Waals surface area contributed by atoms with E-state index in [2.05, 4.69) is 41.5 Å². The molecule has 0 spiro atoms. The van der Waals surface area contributed by atoms with E-state index in [-0.39, 0.29) is 46.5 Å². The molecule has 0 N–H and O–H groups in total. The van der Waals surface area contributed by atoms with E-state index in [0.29, 0.717) is 15.8 Å². The van der Waals surface area contributed by atoms with Crippen molar-refractivity contribution in [1.29, 1.82) is 0 Å². The molecule has 0 bridgehead atoms. The fourth-order valence-corrected chi connectivity index (χ4v) is 4.02. The van der Waals surface area contributed by atoms with Crippen molar-refractivity contribution < 1.29 is 46.5 Å².